The molecule has 2 aromatic heterocycles. The summed E-state index contributed by atoms with van der Waals surface area (Å²) in [5, 5.41) is 12.1. The molecule has 3 aromatic rings. The number of alkyl halides is 3. The number of hydrogen-bond donors (Lipinski definition) is 4. The van der Waals surface area contributed by atoms with E-state index >= 15 is 0 Å². The maximum absolute atomic E-state index is 14.8. The van der Waals surface area contributed by atoms with E-state index in [1.165, 1.54) is 30.7 Å². The normalized spacial score (nSPS) is 18.7. The van der Waals surface area contributed by atoms with Crippen LogP contribution in [0.1, 0.15) is 30.6 Å². The molecule has 40 heavy (non-hydrogen) atoms. The van der Waals surface area contributed by atoms with Gasteiger partial charge in [0.25, 0.3) is 0 Å². The van der Waals surface area contributed by atoms with E-state index in [-0.39, 0.29) is 48.4 Å². The number of aromatic nitrogens is 3. The van der Waals surface area contributed by atoms with Crippen molar-refractivity contribution in [3.8, 4) is 11.1 Å². The Balaban J connectivity index is 1.18. The molecule has 2 fully saturated rings. The standard InChI is InChI=1S/C26H26F4N8O2/c27-20-7-15(17-11-34-24(35-12-17)36-19(10-31)14-33-18-3-6-32-13-18)1-2-16(20)8-23(39)37-22-9-21(40-38-22)25(4-5-25)26(28,29)30/h1-2,7,9-12,14,18,32H,3-6,8,13,31H2,(H,34,35,36)(H,37,38,39). The SMILES string of the molecule is NC=C(C=NC1CCNC1)Nc1ncc(-c2ccc(CC(=O)Nc3cc(C4(C(F)(F)F)CC4)on3)c(F)c2)cn1. The van der Waals surface area contributed by atoms with Gasteiger partial charge in [0, 0.05) is 43.0 Å². The van der Waals surface area contributed by atoms with Gasteiger partial charge in [0.15, 0.2) is 11.6 Å². The molecule has 1 atom stereocenters. The van der Waals surface area contributed by atoms with Crippen LogP contribution < -0.4 is 21.7 Å². The second-order valence-electron chi connectivity index (χ2n) is 9.65. The number of rotatable bonds is 9. The molecule has 1 unspecified atom stereocenters. The number of hydrogen-bond acceptors (Lipinski definition) is 9. The lowest BCUT2D eigenvalue weighted by atomic mass is 10.0. The van der Waals surface area contributed by atoms with Crippen LogP contribution in [0.2, 0.25) is 0 Å². The zero-order chi connectivity index (χ0) is 28.3. The summed E-state index contributed by atoms with van der Waals surface area (Å²) >= 11 is 0. The third-order valence-corrected chi connectivity index (χ3v) is 6.83. The summed E-state index contributed by atoms with van der Waals surface area (Å²) in [6, 6.07) is 5.55. The molecule has 10 nitrogen and oxygen atoms in total. The van der Waals surface area contributed by atoms with Gasteiger partial charge in [-0.3, -0.25) is 9.79 Å². The Morgan fingerprint density at radius 1 is 1.20 bits per heavy atom. The molecule has 1 aromatic carbocycles. The lowest BCUT2D eigenvalue weighted by molar-refractivity contribution is -0.165. The maximum atomic E-state index is 14.8. The number of nitrogens with zero attached hydrogens (tertiary/aromatic N) is 4. The minimum absolute atomic E-state index is 0.0904. The van der Waals surface area contributed by atoms with E-state index in [9.17, 15) is 22.4 Å². The fourth-order valence-electron chi connectivity index (χ4n) is 4.32. The molecule has 0 bridgehead atoms. The summed E-state index contributed by atoms with van der Waals surface area (Å²) in [5.41, 5.74) is 5.26. The van der Waals surface area contributed by atoms with Gasteiger partial charge >= 0.3 is 6.18 Å². The number of halogens is 4. The number of aliphatic imine (C=N–C) groups is 1. The van der Waals surface area contributed by atoms with Gasteiger partial charge in [-0.2, -0.15) is 13.2 Å². The molecule has 1 aliphatic heterocycles. The zero-order valence-corrected chi connectivity index (χ0v) is 21.1. The molecule has 1 saturated heterocycles. The molecule has 14 heteroatoms. The summed E-state index contributed by atoms with van der Waals surface area (Å²) in [7, 11) is 0. The topological polar surface area (TPSA) is 143 Å². The molecule has 2 aliphatic rings. The van der Waals surface area contributed by atoms with Crippen LogP contribution in [0.5, 0.6) is 0 Å². The van der Waals surface area contributed by atoms with Gasteiger partial charge in [0.05, 0.1) is 18.2 Å². The highest BCUT2D eigenvalue weighted by Gasteiger charge is 2.66. The van der Waals surface area contributed by atoms with Gasteiger partial charge in [-0.05, 0) is 43.0 Å². The number of allylic oxidation sites excluding steroid dienone is 1. The quantitative estimate of drug-likeness (QED) is 0.230. The molecule has 1 aliphatic carbocycles. The summed E-state index contributed by atoms with van der Waals surface area (Å²) in [5.74, 6) is -1.52. The van der Waals surface area contributed by atoms with Gasteiger partial charge < -0.3 is 26.2 Å². The number of anilines is 2. The predicted octanol–water partition coefficient (Wildman–Crippen LogP) is 3.69. The highest BCUT2D eigenvalue weighted by atomic mass is 19.4. The van der Waals surface area contributed by atoms with Crippen LogP contribution in [0.3, 0.4) is 0 Å². The average Bonchev–Trinajstić information content (AvgIpc) is 3.35. The lowest BCUT2D eigenvalue weighted by Gasteiger charge is -2.14. The largest absolute Gasteiger partial charge is 0.403 e. The maximum Gasteiger partial charge on any atom is 0.401 e. The third-order valence-electron chi connectivity index (χ3n) is 6.83. The van der Waals surface area contributed by atoms with Gasteiger partial charge in [0.1, 0.15) is 11.2 Å². The Bertz CT molecular complexity index is 1430. The van der Waals surface area contributed by atoms with Gasteiger partial charge in [-0.25, -0.2) is 14.4 Å². The van der Waals surface area contributed by atoms with E-state index in [2.05, 4.69) is 36.1 Å². The monoisotopic (exact) mass is 558 g/mol. The van der Waals surface area contributed by atoms with E-state index < -0.39 is 23.3 Å². The van der Waals surface area contributed by atoms with Crippen LogP contribution in [-0.2, 0) is 16.6 Å². The minimum Gasteiger partial charge on any atom is -0.403 e. The number of amides is 1. The van der Waals surface area contributed by atoms with Crippen LogP contribution >= 0.6 is 0 Å². The van der Waals surface area contributed by atoms with Crippen molar-refractivity contribution in [3.63, 3.8) is 0 Å². The van der Waals surface area contributed by atoms with E-state index in [0.29, 0.717) is 16.8 Å². The van der Waals surface area contributed by atoms with Crippen molar-refractivity contribution >= 4 is 23.9 Å². The van der Waals surface area contributed by atoms with Crippen molar-refractivity contribution in [2.75, 3.05) is 23.7 Å². The highest BCUT2D eigenvalue weighted by Crippen LogP contribution is 2.59. The number of benzene rings is 1. The minimum atomic E-state index is -4.47. The second kappa shape index (κ2) is 11.0. The van der Waals surface area contributed by atoms with Crippen molar-refractivity contribution in [2.24, 2.45) is 10.7 Å². The van der Waals surface area contributed by atoms with E-state index in [1.807, 2.05) is 0 Å². The number of nitrogens with one attached hydrogen (secondary N) is 3. The summed E-state index contributed by atoms with van der Waals surface area (Å²) in [6.07, 6.45) is 1.95. The average molecular weight is 559 g/mol. The molecular weight excluding hydrogens is 532 g/mol. The fourth-order valence-corrected chi connectivity index (χ4v) is 4.32. The van der Waals surface area contributed by atoms with Crippen molar-refractivity contribution in [1.82, 2.24) is 20.4 Å². The predicted molar refractivity (Wildman–Crippen MR) is 139 cm³/mol. The van der Waals surface area contributed by atoms with E-state index in [0.717, 1.165) is 25.6 Å². The van der Waals surface area contributed by atoms with Crippen LogP contribution in [0, 0.1) is 5.82 Å². The van der Waals surface area contributed by atoms with Crippen molar-refractivity contribution in [3.05, 3.63) is 65.7 Å². The number of carbonyl (C=O) groups is 1. The molecule has 210 valence electrons. The Morgan fingerprint density at radius 3 is 2.60 bits per heavy atom. The van der Waals surface area contributed by atoms with Gasteiger partial charge in [0.2, 0.25) is 11.9 Å². The van der Waals surface area contributed by atoms with Crippen molar-refractivity contribution in [2.45, 2.75) is 43.3 Å². The molecule has 3 heterocycles. The molecule has 5 rings (SSSR count). The first-order chi connectivity index (χ1) is 19.2. The molecule has 1 saturated carbocycles. The smallest absolute Gasteiger partial charge is 0.401 e. The van der Waals surface area contributed by atoms with Crippen LogP contribution in [0.4, 0.5) is 29.3 Å². The first-order valence-corrected chi connectivity index (χ1v) is 12.5. The van der Waals surface area contributed by atoms with E-state index in [1.54, 1.807) is 12.3 Å². The first kappa shape index (κ1) is 27.2. The van der Waals surface area contributed by atoms with E-state index in [4.69, 9.17) is 10.3 Å². The molecule has 5 N–H and O–H groups in total. The van der Waals surface area contributed by atoms with Crippen molar-refractivity contribution < 1.29 is 26.9 Å². The fraction of sp³-hybridized carbons (Fsp3) is 0.346. The van der Waals surface area contributed by atoms with Crippen LogP contribution in [0.15, 0.2) is 58.1 Å². The summed E-state index contributed by atoms with van der Waals surface area (Å²) in [4.78, 5) is 25.4. The molecular formula is C26H26F4N8O2. The van der Waals surface area contributed by atoms with Crippen molar-refractivity contribution in [1.29, 1.82) is 0 Å². The number of nitrogens with two attached hydrogens (primary N) is 1. The van der Waals surface area contributed by atoms with Gasteiger partial charge in [-0.15, -0.1) is 0 Å². The van der Waals surface area contributed by atoms with Crippen LogP contribution in [-0.4, -0.2) is 52.6 Å². The molecule has 1 amide bonds. The second-order valence-corrected chi connectivity index (χ2v) is 9.65. The summed E-state index contributed by atoms with van der Waals surface area (Å²) < 4.78 is 59.4. The molecule has 0 radical (unpaired) electrons. The summed E-state index contributed by atoms with van der Waals surface area (Å²) in [6.45, 7) is 1.74. The molecule has 0 spiro atoms. The van der Waals surface area contributed by atoms with Crippen LogP contribution in [0.25, 0.3) is 11.1 Å². The third kappa shape index (κ3) is 5.96. The number of carbonyl (C=O) groups excluding carboxylic acids is 1. The Labute approximate surface area is 226 Å². The van der Waals surface area contributed by atoms with Gasteiger partial charge in [-0.1, -0.05) is 17.3 Å². The zero-order valence-electron chi connectivity index (χ0n) is 21.1. The highest BCUT2D eigenvalue weighted by molar-refractivity contribution is 5.91. The Hall–Kier alpha value is -4.33. The Morgan fingerprint density at radius 2 is 1.98 bits per heavy atom. The lowest BCUT2D eigenvalue weighted by Crippen LogP contribution is -2.28. The first-order valence-electron chi connectivity index (χ1n) is 12.5. The Kier molecular flexibility index (Phi) is 7.52.